The van der Waals surface area contributed by atoms with Gasteiger partial charge in [0.1, 0.15) is 18.0 Å². The summed E-state index contributed by atoms with van der Waals surface area (Å²) in [5.74, 6) is 1.70. The standard InChI is InChI=1S/C23H28N6O/c1-16-24-13-18(14-25-16)17-2-7-22-21(12-17)23(27-15-26-22)28-19-3-5-20(6-4-19)29-8-10-30-11-9-29/h2,7,12-15,19-20H,3-6,8-11H2,1H3,(H,26,27,28). The summed E-state index contributed by atoms with van der Waals surface area (Å²) in [7, 11) is 0. The highest BCUT2D eigenvalue weighted by atomic mass is 16.5. The van der Waals surface area contributed by atoms with Crippen molar-refractivity contribution >= 4 is 16.7 Å². The van der Waals surface area contributed by atoms with Crippen LogP contribution in [-0.2, 0) is 4.74 Å². The molecule has 0 unspecified atom stereocenters. The molecular weight excluding hydrogens is 376 g/mol. The quantitative estimate of drug-likeness (QED) is 0.714. The third-order valence-corrected chi connectivity index (χ3v) is 6.35. The summed E-state index contributed by atoms with van der Waals surface area (Å²) in [4.78, 5) is 20.3. The van der Waals surface area contributed by atoms with Crippen molar-refractivity contribution in [2.75, 3.05) is 31.6 Å². The summed E-state index contributed by atoms with van der Waals surface area (Å²) in [6, 6.07) is 7.41. The lowest BCUT2D eigenvalue weighted by molar-refractivity contribution is 0.00791. The van der Waals surface area contributed by atoms with Gasteiger partial charge in [0.05, 0.1) is 18.7 Å². The zero-order valence-corrected chi connectivity index (χ0v) is 17.4. The number of hydrogen-bond acceptors (Lipinski definition) is 7. The van der Waals surface area contributed by atoms with Gasteiger partial charge in [0.2, 0.25) is 0 Å². The molecule has 1 N–H and O–H groups in total. The molecule has 0 radical (unpaired) electrons. The van der Waals surface area contributed by atoms with Crippen molar-refractivity contribution in [3.05, 3.63) is 42.7 Å². The number of benzene rings is 1. The Morgan fingerprint density at radius 3 is 2.47 bits per heavy atom. The fraction of sp³-hybridized carbons (Fsp3) is 0.478. The molecule has 7 heteroatoms. The van der Waals surface area contributed by atoms with E-state index in [4.69, 9.17) is 4.74 Å². The highest BCUT2D eigenvalue weighted by molar-refractivity contribution is 5.92. The molecule has 2 fully saturated rings. The Morgan fingerprint density at radius 1 is 0.933 bits per heavy atom. The number of aryl methyl sites for hydroxylation is 1. The third-order valence-electron chi connectivity index (χ3n) is 6.35. The number of aromatic nitrogens is 4. The van der Waals surface area contributed by atoms with Gasteiger partial charge < -0.3 is 10.1 Å². The zero-order valence-electron chi connectivity index (χ0n) is 17.4. The Balaban J connectivity index is 1.32. The van der Waals surface area contributed by atoms with E-state index in [1.54, 1.807) is 6.33 Å². The van der Waals surface area contributed by atoms with E-state index >= 15 is 0 Å². The van der Waals surface area contributed by atoms with Crippen LogP contribution in [0.25, 0.3) is 22.0 Å². The van der Waals surface area contributed by atoms with Crippen LogP contribution in [0.3, 0.4) is 0 Å². The summed E-state index contributed by atoms with van der Waals surface area (Å²) >= 11 is 0. The summed E-state index contributed by atoms with van der Waals surface area (Å²) in [5.41, 5.74) is 3.03. The molecule has 5 rings (SSSR count). The minimum absolute atomic E-state index is 0.451. The summed E-state index contributed by atoms with van der Waals surface area (Å²) < 4.78 is 5.50. The average Bonchev–Trinajstić information content (AvgIpc) is 2.81. The Bertz CT molecular complexity index is 994. The molecule has 1 saturated heterocycles. The average molecular weight is 405 g/mol. The molecule has 1 saturated carbocycles. The summed E-state index contributed by atoms with van der Waals surface area (Å²) in [6.45, 7) is 5.79. The second-order valence-corrected chi connectivity index (χ2v) is 8.27. The van der Waals surface area contributed by atoms with Gasteiger partial charge in [0, 0.05) is 48.5 Å². The Labute approximate surface area is 176 Å². The van der Waals surface area contributed by atoms with Gasteiger partial charge in [0.15, 0.2) is 0 Å². The second kappa shape index (κ2) is 8.62. The summed E-state index contributed by atoms with van der Waals surface area (Å²) in [5, 5.41) is 4.76. The smallest absolute Gasteiger partial charge is 0.137 e. The molecule has 1 aliphatic carbocycles. The van der Waals surface area contributed by atoms with Crippen molar-refractivity contribution in [1.82, 2.24) is 24.8 Å². The lowest BCUT2D eigenvalue weighted by Crippen LogP contribution is -2.46. The molecule has 2 aromatic heterocycles. The van der Waals surface area contributed by atoms with Crippen LogP contribution in [0.2, 0.25) is 0 Å². The normalized spacial score (nSPS) is 22.8. The van der Waals surface area contributed by atoms with E-state index in [0.29, 0.717) is 12.1 Å². The van der Waals surface area contributed by atoms with E-state index in [2.05, 4.69) is 42.3 Å². The maximum Gasteiger partial charge on any atom is 0.137 e. The monoisotopic (exact) mass is 404 g/mol. The number of nitrogens with zero attached hydrogens (tertiary/aromatic N) is 5. The minimum Gasteiger partial charge on any atom is -0.379 e. The van der Waals surface area contributed by atoms with E-state index in [0.717, 1.165) is 60.0 Å². The lowest BCUT2D eigenvalue weighted by Gasteiger charge is -2.39. The van der Waals surface area contributed by atoms with Crippen molar-refractivity contribution in [2.24, 2.45) is 0 Å². The van der Waals surface area contributed by atoms with E-state index in [1.807, 2.05) is 25.4 Å². The van der Waals surface area contributed by atoms with Gasteiger partial charge in [-0.25, -0.2) is 19.9 Å². The number of anilines is 1. The predicted molar refractivity (Wildman–Crippen MR) is 117 cm³/mol. The maximum absolute atomic E-state index is 5.50. The molecule has 3 heterocycles. The lowest BCUT2D eigenvalue weighted by atomic mass is 9.90. The largest absolute Gasteiger partial charge is 0.379 e. The van der Waals surface area contributed by atoms with Crippen molar-refractivity contribution in [1.29, 1.82) is 0 Å². The molecule has 30 heavy (non-hydrogen) atoms. The van der Waals surface area contributed by atoms with Crippen LogP contribution in [0, 0.1) is 6.92 Å². The molecule has 0 atom stereocenters. The van der Waals surface area contributed by atoms with Crippen molar-refractivity contribution < 1.29 is 4.74 Å². The van der Waals surface area contributed by atoms with Crippen LogP contribution in [0.1, 0.15) is 31.5 Å². The first-order valence-corrected chi connectivity index (χ1v) is 10.9. The topological polar surface area (TPSA) is 76.1 Å². The van der Waals surface area contributed by atoms with Gasteiger partial charge in [-0.05, 0) is 50.3 Å². The number of morpholine rings is 1. The minimum atomic E-state index is 0.451. The SMILES string of the molecule is Cc1ncc(-c2ccc3ncnc(NC4CCC(N5CCOCC5)CC4)c3c2)cn1. The number of hydrogen-bond donors (Lipinski definition) is 1. The molecular formula is C23H28N6O. The van der Waals surface area contributed by atoms with Crippen LogP contribution in [0.4, 0.5) is 5.82 Å². The van der Waals surface area contributed by atoms with Crippen molar-refractivity contribution in [3.8, 4) is 11.1 Å². The van der Waals surface area contributed by atoms with Crippen molar-refractivity contribution in [3.63, 3.8) is 0 Å². The molecule has 1 aliphatic heterocycles. The predicted octanol–water partition coefficient (Wildman–Crippen LogP) is 3.45. The van der Waals surface area contributed by atoms with Crippen molar-refractivity contribution in [2.45, 2.75) is 44.7 Å². The van der Waals surface area contributed by atoms with Gasteiger partial charge >= 0.3 is 0 Å². The molecule has 0 amide bonds. The number of fused-ring (bicyclic) bond motifs is 1. The Hall–Kier alpha value is -2.64. The fourth-order valence-corrected chi connectivity index (χ4v) is 4.61. The van der Waals surface area contributed by atoms with E-state index in [9.17, 15) is 0 Å². The van der Waals surface area contributed by atoms with Gasteiger partial charge in [-0.3, -0.25) is 4.90 Å². The second-order valence-electron chi connectivity index (χ2n) is 8.27. The first-order valence-electron chi connectivity index (χ1n) is 10.9. The van der Waals surface area contributed by atoms with E-state index in [1.165, 1.54) is 25.7 Å². The first kappa shape index (κ1) is 19.3. The molecule has 0 bridgehead atoms. The Morgan fingerprint density at radius 2 is 1.70 bits per heavy atom. The molecule has 7 nitrogen and oxygen atoms in total. The van der Waals surface area contributed by atoms with E-state index < -0.39 is 0 Å². The highest BCUT2D eigenvalue weighted by Gasteiger charge is 2.27. The first-order chi connectivity index (χ1) is 14.8. The summed E-state index contributed by atoms with van der Waals surface area (Å²) in [6.07, 6.45) is 10.2. The fourth-order valence-electron chi connectivity index (χ4n) is 4.61. The van der Waals surface area contributed by atoms with Crippen LogP contribution in [0.15, 0.2) is 36.9 Å². The van der Waals surface area contributed by atoms with Crippen LogP contribution >= 0.6 is 0 Å². The zero-order chi connectivity index (χ0) is 20.3. The van der Waals surface area contributed by atoms with Gasteiger partial charge in [0.25, 0.3) is 0 Å². The molecule has 0 spiro atoms. The number of nitrogens with one attached hydrogen (secondary N) is 1. The molecule has 156 valence electrons. The number of ether oxygens (including phenoxy) is 1. The Kier molecular flexibility index (Phi) is 5.55. The van der Waals surface area contributed by atoms with Gasteiger partial charge in [-0.1, -0.05) is 6.07 Å². The van der Waals surface area contributed by atoms with Gasteiger partial charge in [-0.15, -0.1) is 0 Å². The van der Waals surface area contributed by atoms with E-state index in [-0.39, 0.29) is 0 Å². The molecule has 3 aromatic rings. The van der Waals surface area contributed by atoms with Gasteiger partial charge in [-0.2, -0.15) is 0 Å². The molecule has 1 aromatic carbocycles. The maximum atomic E-state index is 5.50. The van der Waals surface area contributed by atoms with Crippen LogP contribution < -0.4 is 5.32 Å². The third kappa shape index (κ3) is 4.13. The number of rotatable bonds is 4. The van der Waals surface area contributed by atoms with Crippen LogP contribution in [0.5, 0.6) is 0 Å². The molecule has 2 aliphatic rings. The van der Waals surface area contributed by atoms with Crippen LogP contribution in [-0.4, -0.2) is 63.2 Å². The highest BCUT2D eigenvalue weighted by Crippen LogP contribution is 2.30.